The summed E-state index contributed by atoms with van der Waals surface area (Å²) in [6.45, 7) is 5.48. The Balaban J connectivity index is 2.09. The molecule has 0 radical (unpaired) electrons. The largest absolute Gasteiger partial charge is 0.271 e. The van der Waals surface area contributed by atoms with E-state index < -0.39 is 15.9 Å². The number of hydrogen-bond acceptors (Lipinski definition) is 4. The fourth-order valence-corrected chi connectivity index (χ4v) is 3.13. The third-order valence-corrected chi connectivity index (χ3v) is 5.09. The molecule has 0 unspecified atom stereocenters. The molecule has 0 aliphatic rings. The van der Waals surface area contributed by atoms with E-state index in [0.717, 1.165) is 32.8 Å². The topological polar surface area (TPSA) is 78.8 Å². The summed E-state index contributed by atoms with van der Waals surface area (Å²) in [5.74, 6) is -0.517. The molecule has 2 aromatic rings. The highest BCUT2D eigenvalue weighted by atomic mass is 32.2. The Hall–Kier alpha value is -2.67. The quantitative estimate of drug-likeness (QED) is 0.624. The molecule has 0 aliphatic heterocycles. The van der Waals surface area contributed by atoms with Gasteiger partial charge in [0.1, 0.15) is 6.54 Å². The summed E-state index contributed by atoms with van der Waals surface area (Å²) in [5.41, 5.74) is 6.79. The Morgan fingerprint density at radius 2 is 1.73 bits per heavy atom. The van der Waals surface area contributed by atoms with Gasteiger partial charge in [0, 0.05) is 0 Å². The van der Waals surface area contributed by atoms with E-state index in [1.165, 1.54) is 6.21 Å². The van der Waals surface area contributed by atoms with Gasteiger partial charge in [0.2, 0.25) is 10.0 Å². The number of hydrazone groups is 1. The van der Waals surface area contributed by atoms with Crippen LogP contribution in [0.4, 0.5) is 5.69 Å². The molecule has 0 aliphatic carbocycles. The SMILES string of the molecule is Cc1ccc(/C=N\NC(=O)CN(c2ccc(C)c(C)c2)S(C)(=O)=O)cc1. The molecule has 0 saturated heterocycles. The van der Waals surface area contributed by atoms with E-state index in [2.05, 4.69) is 10.5 Å². The molecule has 26 heavy (non-hydrogen) atoms. The minimum Gasteiger partial charge on any atom is -0.271 e. The van der Waals surface area contributed by atoms with Crippen LogP contribution in [0.1, 0.15) is 22.3 Å². The highest BCUT2D eigenvalue weighted by Crippen LogP contribution is 2.20. The second-order valence-corrected chi connectivity index (χ2v) is 8.15. The van der Waals surface area contributed by atoms with E-state index in [4.69, 9.17) is 0 Å². The monoisotopic (exact) mass is 373 g/mol. The number of aryl methyl sites for hydroxylation is 3. The fourth-order valence-electron chi connectivity index (χ4n) is 2.28. The number of hydrogen-bond donors (Lipinski definition) is 1. The predicted molar refractivity (Wildman–Crippen MR) is 105 cm³/mol. The van der Waals surface area contributed by atoms with Crippen LogP contribution in [-0.4, -0.2) is 33.3 Å². The van der Waals surface area contributed by atoms with Crippen molar-refractivity contribution in [2.45, 2.75) is 20.8 Å². The molecule has 0 aromatic heterocycles. The van der Waals surface area contributed by atoms with E-state index in [1.54, 1.807) is 12.1 Å². The van der Waals surface area contributed by atoms with Gasteiger partial charge in [-0.1, -0.05) is 35.9 Å². The van der Waals surface area contributed by atoms with Crippen molar-refractivity contribution < 1.29 is 13.2 Å². The average Bonchev–Trinajstić information content (AvgIpc) is 2.56. The van der Waals surface area contributed by atoms with Gasteiger partial charge in [0.25, 0.3) is 5.91 Å². The number of carbonyl (C=O) groups is 1. The number of carbonyl (C=O) groups excluding carboxylic acids is 1. The van der Waals surface area contributed by atoms with Crippen molar-refractivity contribution in [3.63, 3.8) is 0 Å². The van der Waals surface area contributed by atoms with Crippen molar-refractivity contribution in [3.05, 3.63) is 64.7 Å². The summed E-state index contributed by atoms with van der Waals surface area (Å²) >= 11 is 0. The zero-order chi connectivity index (χ0) is 19.3. The van der Waals surface area contributed by atoms with Crippen LogP contribution in [0, 0.1) is 20.8 Å². The van der Waals surface area contributed by atoms with Crippen molar-refractivity contribution in [3.8, 4) is 0 Å². The Kier molecular flexibility index (Phi) is 6.15. The Morgan fingerprint density at radius 1 is 1.08 bits per heavy atom. The molecule has 2 rings (SSSR count). The second kappa shape index (κ2) is 8.14. The van der Waals surface area contributed by atoms with Gasteiger partial charge in [-0.25, -0.2) is 13.8 Å². The summed E-state index contributed by atoms with van der Waals surface area (Å²) < 4.78 is 25.3. The first-order chi connectivity index (χ1) is 12.2. The second-order valence-electron chi connectivity index (χ2n) is 6.24. The van der Waals surface area contributed by atoms with Crippen LogP contribution in [0.15, 0.2) is 47.6 Å². The van der Waals surface area contributed by atoms with Crippen LogP contribution in [0.2, 0.25) is 0 Å². The van der Waals surface area contributed by atoms with Gasteiger partial charge in [-0.15, -0.1) is 0 Å². The standard InChI is InChI=1S/C19H23N3O3S/c1-14-5-8-17(9-6-14)12-20-21-19(23)13-22(26(4,24)25)18-10-7-15(2)16(3)11-18/h5-12H,13H2,1-4H3,(H,21,23)/b20-12-. The molecule has 1 amide bonds. The van der Waals surface area contributed by atoms with Crippen molar-refractivity contribution in [2.75, 3.05) is 17.1 Å². The minimum absolute atomic E-state index is 0.341. The highest BCUT2D eigenvalue weighted by Gasteiger charge is 2.21. The Morgan fingerprint density at radius 3 is 2.31 bits per heavy atom. The molecule has 0 fully saturated rings. The molecule has 1 N–H and O–H groups in total. The van der Waals surface area contributed by atoms with Crippen molar-refractivity contribution in [1.82, 2.24) is 5.43 Å². The molecule has 0 saturated carbocycles. The van der Waals surface area contributed by atoms with E-state index >= 15 is 0 Å². The molecular weight excluding hydrogens is 350 g/mol. The van der Waals surface area contributed by atoms with Gasteiger partial charge in [-0.05, 0) is 49.6 Å². The minimum atomic E-state index is -3.60. The number of nitrogens with one attached hydrogen (secondary N) is 1. The van der Waals surface area contributed by atoms with Crippen LogP contribution in [0.3, 0.4) is 0 Å². The zero-order valence-electron chi connectivity index (χ0n) is 15.4. The van der Waals surface area contributed by atoms with Gasteiger partial charge in [-0.2, -0.15) is 5.10 Å². The normalized spacial score (nSPS) is 11.5. The molecule has 0 heterocycles. The molecule has 6 nitrogen and oxygen atoms in total. The maximum absolute atomic E-state index is 12.1. The highest BCUT2D eigenvalue weighted by molar-refractivity contribution is 7.92. The van der Waals surface area contributed by atoms with Crippen LogP contribution in [0.25, 0.3) is 0 Å². The molecule has 138 valence electrons. The van der Waals surface area contributed by atoms with Gasteiger partial charge < -0.3 is 0 Å². The third kappa shape index (κ3) is 5.42. The first-order valence-corrected chi connectivity index (χ1v) is 9.95. The number of rotatable bonds is 6. The molecule has 7 heteroatoms. The van der Waals surface area contributed by atoms with E-state index in [0.29, 0.717) is 5.69 Å². The maximum atomic E-state index is 12.1. The molecule has 0 atom stereocenters. The van der Waals surface area contributed by atoms with E-state index in [9.17, 15) is 13.2 Å². The number of sulfonamides is 1. The molecular formula is C19H23N3O3S. The van der Waals surface area contributed by atoms with Crippen LogP contribution in [0.5, 0.6) is 0 Å². The smallest absolute Gasteiger partial charge is 0.260 e. The first kappa shape index (κ1) is 19.7. The molecule has 0 spiro atoms. The van der Waals surface area contributed by atoms with Gasteiger partial charge in [0.15, 0.2) is 0 Å². The van der Waals surface area contributed by atoms with Gasteiger partial charge in [0.05, 0.1) is 18.2 Å². The number of anilines is 1. The summed E-state index contributed by atoms with van der Waals surface area (Å²) in [4.78, 5) is 12.1. The van der Waals surface area contributed by atoms with Crippen LogP contribution in [-0.2, 0) is 14.8 Å². The molecule has 2 aromatic carbocycles. The fraction of sp³-hybridized carbons (Fsp3) is 0.263. The summed E-state index contributed by atoms with van der Waals surface area (Å²) in [5, 5.41) is 3.89. The Bertz CT molecular complexity index is 920. The van der Waals surface area contributed by atoms with Crippen molar-refractivity contribution in [1.29, 1.82) is 0 Å². The first-order valence-electron chi connectivity index (χ1n) is 8.10. The predicted octanol–water partition coefficient (Wildman–Crippen LogP) is 2.53. The summed E-state index contributed by atoms with van der Waals surface area (Å²) in [6.07, 6.45) is 2.59. The summed E-state index contributed by atoms with van der Waals surface area (Å²) in [6, 6.07) is 12.9. The number of amides is 1. The van der Waals surface area contributed by atoms with Crippen LogP contribution < -0.4 is 9.73 Å². The number of benzene rings is 2. The lowest BCUT2D eigenvalue weighted by Crippen LogP contribution is -2.39. The zero-order valence-corrected chi connectivity index (χ0v) is 16.2. The lowest BCUT2D eigenvalue weighted by atomic mass is 10.1. The van der Waals surface area contributed by atoms with Crippen LogP contribution >= 0.6 is 0 Å². The van der Waals surface area contributed by atoms with Gasteiger partial charge in [-0.3, -0.25) is 9.10 Å². The van der Waals surface area contributed by atoms with E-state index in [1.807, 2.05) is 51.1 Å². The lowest BCUT2D eigenvalue weighted by molar-refractivity contribution is -0.119. The number of nitrogens with zero attached hydrogens (tertiary/aromatic N) is 2. The Labute approximate surface area is 154 Å². The van der Waals surface area contributed by atoms with Crippen molar-refractivity contribution in [2.24, 2.45) is 5.10 Å². The average molecular weight is 373 g/mol. The lowest BCUT2D eigenvalue weighted by Gasteiger charge is -2.22. The summed E-state index contributed by atoms with van der Waals surface area (Å²) in [7, 11) is -3.60. The van der Waals surface area contributed by atoms with Crippen molar-refractivity contribution >= 4 is 27.8 Å². The molecule has 0 bridgehead atoms. The van der Waals surface area contributed by atoms with Gasteiger partial charge >= 0.3 is 0 Å². The third-order valence-electron chi connectivity index (χ3n) is 3.95. The maximum Gasteiger partial charge on any atom is 0.260 e. The van der Waals surface area contributed by atoms with E-state index in [-0.39, 0.29) is 6.54 Å².